The molecule has 8 heteroatoms. The van der Waals surface area contributed by atoms with Crippen LogP contribution in [0.4, 0.5) is 13.2 Å². The Kier molecular flexibility index (Phi) is 5.36. The van der Waals surface area contributed by atoms with Crippen molar-refractivity contribution in [3.8, 4) is 22.6 Å². The van der Waals surface area contributed by atoms with Gasteiger partial charge in [-0.05, 0) is 51.4 Å². The van der Waals surface area contributed by atoms with Gasteiger partial charge in [-0.25, -0.2) is 0 Å². The maximum Gasteiger partial charge on any atom is 0.416 e. The molecule has 0 saturated heterocycles. The first-order chi connectivity index (χ1) is 17.3. The van der Waals surface area contributed by atoms with Crippen molar-refractivity contribution >= 4 is 46.2 Å². The summed E-state index contributed by atoms with van der Waals surface area (Å²) in [5.41, 5.74) is 1.47. The third kappa shape index (κ3) is 4.04. The molecule has 1 aliphatic rings. The second-order valence-corrected chi connectivity index (χ2v) is 11.3. The fourth-order valence-corrected chi connectivity index (χ4v) is 6.21. The molecule has 0 aliphatic carbocycles. The second kappa shape index (κ2) is 8.47. The van der Waals surface area contributed by atoms with Crippen LogP contribution < -0.4 is 9.05 Å². The van der Waals surface area contributed by atoms with Gasteiger partial charge in [0.1, 0.15) is 11.5 Å². The van der Waals surface area contributed by atoms with Crippen LogP contribution in [0.5, 0.6) is 11.5 Å². The van der Waals surface area contributed by atoms with Crippen LogP contribution in [0.25, 0.3) is 32.7 Å². The average molecular weight is 519 g/mol. The van der Waals surface area contributed by atoms with Crippen molar-refractivity contribution in [2.45, 2.75) is 6.18 Å². The van der Waals surface area contributed by atoms with Crippen molar-refractivity contribution in [3.05, 3.63) is 108 Å². The van der Waals surface area contributed by atoms with E-state index in [2.05, 4.69) is 4.76 Å². The Hall–Kier alpha value is -3.67. The first kappa shape index (κ1) is 22.8. The van der Waals surface area contributed by atoms with E-state index in [4.69, 9.17) is 20.9 Å². The van der Waals surface area contributed by atoms with Crippen molar-refractivity contribution in [2.24, 2.45) is 4.76 Å². The molecule has 0 saturated carbocycles. The summed E-state index contributed by atoms with van der Waals surface area (Å²) in [4.78, 5) is 0. The molecule has 0 N–H and O–H groups in total. The minimum atomic E-state index is -4.41. The molecule has 0 aromatic heterocycles. The molecule has 36 heavy (non-hydrogen) atoms. The molecule has 0 spiro atoms. The number of rotatable bonds is 2. The third-order valence-corrected chi connectivity index (χ3v) is 8.03. The van der Waals surface area contributed by atoms with Crippen LogP contribution in [0.2, 0.25) is 0 Å². The fraction of sp³-hybridized carbons (Fsp3) is 0.0357. The summed E-state index contributed by atoms with van der Waals surface area (Å²) in [5.74, 6) is 1.11. The highest BCUT2D eigenvalue weighted by Gasteiger charge is 2.32. The summed E-state index contributed by atoms with van der Waals surface area (Å²) in [6.07, 6.45) is -3.00. The zero-order chi connectivity index (χ0) is 24.9. The van der Waals surface area contributed by atoms with Crippen LogP contribution in [0.15, 0.2) is 102 Å². The van der Waals surface area contributed by atoms with Crippen LogP contribution in [0.1, 0.15) is 11.1 Å². The Morgan fingerprint density at radius 1 is 0.667 bits per heavy atom. The minimum absolute atomic E-state index is 0.459. The molecule has 5 aromatic rings. The molecule has 0 unspecified atom stereocenters. The molecular weight excluding hydrogens is 502 g/mol. The standard InChI is InChI=1S/C28H17F3NO2PS/c29-28(30,31)21-13-9-18(10-14-21)17-32-35(36)33-24-15-11-19-5-1-3-7-22(19)26(24)27-23-8-4-2-6-20(23)12-16-25(27)34-35/h1-17H/b32-17+. The lowest BCUT2D eigenvalue weighted by Crippen LogP contribution is -2.04. The van der Waals surface area contributed by atoms with E-state index in [1.54, 1.807) is 0 Å². The Morgan fingerprint density at radius 3 is 1.67 bits per heavy atom. The van der Waals surface area contributed by atoms with E-state index in [9.17, 15) is 13.2 Å². The molecule has 3 nitrogen and oxygen atoms in total. The van der Waals surface area contributed by atoms with Crippen LogP contribution in [-0.4, -0.2) is 6.21 Å². The lowest BCUT2D eigenvalue weighted by molar-refractivity contribution is -0.137. The quantitative estimate of drug-likeness (QED) is 0.173. The lowest BCUT2D eigenvalue weighted by atomic mass is 9.92. The molecule has 5 aromatic carbocycles. The van der Waals surface area contributed by atoms with Gasteiger partial charge in [-0.2, -0.15) is 17.9 Å². The molecule has 0 amide bonds. The van der Waals surface area contributed by atoms with Crippen LogP contribution in [0.3, 0.4) is 0 Å². The Bertz CT molecular complexity index is 1620. The third-order valence-electron chi connectivity index (χ3n) is 6.05. The van der Waals surface area contributed by atoms with Crippen molar-refractivity contribution < 1.29 is 22.2 Å². The van der Waals surface area contributed by atoms with Gasteiger partial charge in [-0.15, -0.1) is 0 Å². The van der Waals surface area contributed by atoms with Gasteiger partial charge in [0.15, 0.2) is 0 Å². The van der Waals surface area contributed by atoms with E-state index >= 15 is 0 Å². The fourth-order valence-electron chi connectivity index (χ4n) is 4.38. The number of fused-ring (bicyclic) bond motifs is 7. The summed E-state index contributed by atoms with van der Waals surface area (Å²) in [7, 11) is 0. The normalized spacial score (nSPS) is 14.6. The van der Waals surface area contributed by atoms with Gasteiger partial charge in [-0.3, -0.25) is 0 Å². The summed E-state index contributed by atoms with van der Waals surface area (Å²) in [6.45, 7) is -3.31. The largest absolute Gasteiger partial charge is 0.419 e. The number of benzene rings is 5. The number of alkyl halides is 3. The van der Waals surface area contributed by atoms with Crippen molar-refractivity contribution in [1.29, 1.82) is 0 Å². The average Bonchev–Trinajstić information content (AvgIpc) is 3.01. The van der Waals surface area contributed by atoms with Gasteiger partial charge in [0, 0.05) is 29.1 Å². The van der Waals surface area contributed by atoms with E-state index in [-0.39, 0.29) is 0 Å². The predicted molar refractivity (Wildman–Crippen MR) is 141 cm³/mol. The SMILES string of the molecule is FC(F)(F)c1ccc(/C=N/P2(=S)Oc3ccc4ccccc4c3-c3c(ccc4ccccc34)O2)cc1. The van der Waals surface area contributed by atoms with Crippen molar-refractivity contribution in [3.63, 3.8) is 0 Å². The zero-order valence-corrected chi connectivity index (χ0v) is 20.3. The van der Waals surface area contributed by atoms with Crippen LogP contribution >= 0.6 is 6.64 Å². The van der Waals surface area contributed by atoms with E-state index < -0.39 is 18.4 Å². The van der Waals surface area contributed by atoms with Gasteiger partial charge in [0.05, 0.1) is 5.56 Å². The number of halogens is 3. The van der Waals surface area contributed by atoms with E-state index in [0.29, 0.717) is 17.1 Å². The molecule has 0 atom stereocenters. The van der Waals surface area contributed by atoms with Gasteiger partial charge in [0.2, 0.25) is 0 Å². The molecule has 1 heterocycles. The number of nitrogens with zero attached hydrogens (tertiary/aromatic N) is 1. The van der Waals surface area contributed by atoms with Crippen molar-refractivity contribution in [1.82, 2.24) is 0 Å². The molecule has 178 valence electrons. The summed E-state index contributed by atoms with van der Waals surface area (Å²) in [5, 5.41) is 4.07. The number of hydrogen-bond donors (Lipinski definition) is 0. The summed E-state index contributed by atoms with van der Waals surface area (Å²) < 4.78 is 55.9. The Morgan fingerprint density at radius 2 is 1.17 bits per heavy atom. The van der Waals surface area contributed by atoms with Gasteiger partial charge >= 0.3 is 12.8 Å². The van der Waals surface area contributed by atoms with Gasteiger partial charge in [-0.1, -0.05) is 72.8 Å². The van der Waals surface area contributed by atoms with E-state index in [0.717, 1.165) is 44.8 Å². The monoisotopic (exact) mass is 519 g/mol. The molecular formula is C28H17F3NO2PS. The first-order valence-corrected chi connectivity index (χ1v) is 13.7. The second-order valence-electron chi connectivity index (χ2n) is 8.34. The molecule has 1 aliphatic heterocycles. The Labute approximate surface area is 210 Å². The molecule has 0 radical (unpaired) electrons. The Balaban J connectivity index is 1.52. The van der Waals surface area contributed by atoms with Crippen LogP contribution in [0, 0.1) is 0 Å². The van der Waals surface area contributed by atoms with Gasteiger partial charge < -0.3 is 9.05 Å². The highest BCUT2D eigenvalue weighted by Crippen LogP contribution is 2.59. The smallest absolute Gasteiger partial charge is 0.416 e. The minimum Gasteiger partial charge on any atom is -0.419 e. The highest BCUT2D eigenvalue weighted by molar-refractivity contribution is 8.09. The van der Waals surface area contributed by atoms with Gasteiger partial charge in [0.25, 0.3) is 0 Å². The van der Waals surface area contributed by atoms with Crippen LogP contribution in [-0.2, 0) is 18.0 Å². The first-order valence-electron chi connectivity index (χ1n) is 11.1. The lowest BCUT2D eigenvalue weighted by Gasteiger charge is -2.17. The summed E-state index contributed by atoms with van der Waals surface area (Å²) in [6, 6.07) is 28.4. The highest BCUT2D eigenvalue weighted by atomic mass is 32.5. The zero-order valence-electron chi connectivity index (χ0n) is 18.6. The van der Waals surface area contributed by atoms with Crippen molar-refractivity contribution in [2.75, 3.05) is 0 Å². The summed E-state index contributed by atoms with van der Waals surface area (Å²) >= 11 is 5.81. The predicted octanol–water partition coefficient (Wildman–Crippen LogP) is 8.79. The maximum absolute atomic E-state index is 12.9. The maximum atomic E-state index is 12.9. The topological polar surface area (TPSA) is 30.8 Å². The molecule has 6 rings (SSSR count). The molecule has 0 fully saturated rings. The molecule has 0 bridgehead atoms. The number of hydrogen-bond acceptors (Lipinski definition) is 3. The van der Waals surface area contributed by atoms with E-state index in [1.807, 2.05) is 72.8 Å². The van der Waals surface area contributed by atoms with E-state index in [1.165, 1.54) is 18.3 Å².